The van der Waals surface area contributed by atoms with Gasteiger partial charge in [-0.2, -0.15) is 0 Å². The van der Waals surface area contributed by atoms with E-state index in [0.29, 0.717) is 12.3 Å². The van der Waals surface area contributed by atoms with E-state index >= 15 is 0 Å². The number of benzene rings is 2. The number of hydrogen-bond donors (Lipinski definition) is 0. The highest BCUT2D eigenvalue weighted by molar-refractivity contribution is 5.78. The van der Waals surface area contributed by atoms with E-state index in [2.05, 4.69) is 13.0 Å². The predicted molar refractivity (Wildman–Crippen MR) is 96.1 cm³/mol. The molecule has 1 amide bonds. The van der Waals surface area contributed by atoms with Crippen LogP contribution < -0.4 is 4.74 Å². The number of ether oxygens (including phenoxy) is 1. The molecule has 1 heterocycles. The number of carbonyl (C=O) groups is 1. The van der Waals surface area contributed by atoms with Crippen LogP contribution in [0.1, 0.15) is 24.0 Å². The number of likely N-dealkylation sites (tertiary alicyclic amines) is 1. The molecule has 1 aliphatic heterocycles. The quantitative estimate of drug-likeness (QED) is 0.836. The Bertz CT molecular complexity index is 661. The molecule has 126 valence electrons. The Labute approximate surface area is 144 Å². The summed E-state index contributed by atoms with van der Waals surface area (Å²) in [5, 5.41) is 0. The number of para-hydroxylation sites is 1. The van der Waals surface area contributed by atoms with Gasteiger partial charge in [-0.15, -0.1) is 0 Å². The van der Waals surface area contributed by atoms with Crippen LogP contribution in [0.25, 0.3) is 0 Å². The molecule has 0 N–H and O–H groups in total. The third-order valence-electron chi connectivity index (χ3n) is 4.73. The van der Waals surface area contributed by atoms with E-state index < -0.39 is 0 Å². The number of amides is 1. The average Bonchev–Trinajstić information content (AvgIpc) is 2.62. The highest BCUT2D eigenvalue weighted by Crippen LogP contribution is 2.22. The van der Waals surface area contributed by atoms with Crippen molar-refractivity contribution in [2.45, 2.75) is 26.2 Å². The summed E-state index contributed by atoms with van der Waals surface area (Å²) in [5.74, 6) is 1.74. The maximum absolute atomic E-state index is 12.4. The molecule has 3 nitrogen and oxygen atoms in total. The molecular weight excluding hydrogens is 298 g/mol. The number of rotatable bonds is 5. The molecule has 0 aromatic heterocycles. The van der Waals surface area contributed by atoms with Gasteiger partial charge in [0, 0.05) is 13.1 Å². The Morgan fingerprint density at radius 2 is 1.71 bits per heavy atom. The van der Waals surface area contributed by atoms with Crippen LogP contribution in [0, 0.1) is 12.8 Å². The van der Waals surface area contributed by atoms with Crippen molar-refractivity contribution in [2.75, 3.05) is 19.7 Å². The van der Waals surface area contributed by atoms with Gasteiger partial charge in [-0.3, -0.25) is 4.79 Å². The molecule has 3 heteroatoms. The van der Waals surface area contributed by atoms with Gasteiger partial charge < -0.3 is 9.64 Å². The lowest BCUT2D eigenvalue weighted by Gasteiger charge is -2.32. The summed E-state index contributed by atoms with van der Waals surface area (Å²) in [4.78, 5) is 14.4. The number of carbonyl (C=O) groups excluding carboxylic acids is 1. The summed E-state index contributed by atoms with van der Waals surface area (Å²) in [7, 11) is 0. The SMILES string of the molecule is Cc1ccccc1OCC1CCN(C(=O)Cc2ccccc2)CC1. The monoisotopic (exact) mass is 323 g/mol. The van der Waals surface area contributed by atoms with Crippen LogP contribution in [0.3, 0.4) is 0 Å². The van der Waals surface area contributed by atoms with Gasteiger partial charge in [0.25, 0.3) is 0 Å². The van der Waals surface area contributed by atoms with Gasteiger partial charge in [-0.05, 0) is 42.9 Å². The van der Waals surface area contributed by atoms with Gasteiger partial charge in [-0.1, -0.05) is 48.5 Å². The standard InChI is InChI=1S/C21H25NO2/c1-17-7-5-6-10-20(17)24-16-19-11-13-22(14-12-19)21(23)15-18-8-3-2-4-9-18/h2-10,19H,11-16H2,1H3. The minimum absolute atomic E-state index is 0.236. The highest BCUT2D eigenvalue weighted by atomic mass is 16.5. The second-order valence-electron chi connectivity index (χ2n) is 6.56. The minimum atomic E-state index is 0.236. The van der Waals surface area contributed by atoms with Crippen LogP contribution >= 0.6 is 0 Å². The Hall–Kier alpha value is -2.29. The van der Waals surface area contributed by atoms with Crippen molar-refractivity contribution in [2.24, 2.45) is 5.92 Å². The minimum Gasteiger partial charge on any atom is -0.493 e. The summed E-state index contributed by atoms with van der Waals surface area (Å²) in [6.07, 6.45) is 2.55. The molecule has 0 unspecified atom stereocenters. The Morgan fingerprint density at radius 3 is 2.42 bits per heavy atom. The summed E-state index contributed by atoms with van der Waals surface area (Å²) < 4.78 is 5.96. The van der Waals surface area contributed by atoms with Crippen molar-refractivity contribution >= 4 is 5.91 Å². The molecule has 2 aromatic carbocycles. The van der Waals surface area contributed by atoms with E-state index in [1.54, 1.807) is 0 Å². The Morgan fingerprint density at radius 1 is 1.04 bits per heavy atom. The van der Waals surface area contributed by atoms with Crippen LogP contribution in [0.2, 0.25) is 0 Å². The van der Waals surface area contributed by atoms with Crippen molar-refractivity contribution in [1.82, 2.24) is 4.90 Å². The molecule has 24 heavy (non-hydrogen) atoms. The largest absolute Gasteiger partial charge is 0.493 e. The van der Waals surface area contributed by atoms with Gasteiger partial charge >= 0.3 is 0 Å². The van der Waals surface area contributed by atoms with Crippen molar-refractivity contribution in [3.8, 4) is 5.75 Å². The summed E-state index contributed by atoms with van der Waals surface area (Å²) in [6.45, 7) is 4.49. The van der Waals surface area contributed by atoms with Crippen LogP contribution in [0.15, 0.2) is 54.6 Å². The first-order valence-corrected chi connectivity index (χ1v) is 8.72. The lowest BCUT2D eigenvalue weighted by Crippen LogP contribution is -2.40. The van der Waals surface area contributed by atoms with Crippen LogP contribution in [-0.4, -0.2) is 30.5 Å². The summed E-state index contributed by atoms with van der Waals surface area (Å²) in [5.41, 5.74) is 2.26. The molecule has 0 spiro atoms. The van der Waals surface area contributed by atoms with E-state index in [9.17, 15) is 4.79 Å². The fourth-order valence-corrected chi connectivity index (χ4v) is 3.16. The maximum Gasteiger partial charge on any atom is 0.226 e. The van der Waals surface area contributed by atoms with Gasteiger partial charge in [0.2, 0.25) is 5.91 Å². The fourth-order valence-electron chi connectivity index (χ4n) is 3.16. The average molecular weight is 323 g/mol. The first-order valence-electron chi connectivity index (χ1n) is 8.72. The molecule has 2 aromatic rings. The van der Waals surface area contributed by atoms with Crippen LogP contribution in [0.4, 0.5) is 0 Å². The van der Waals surface area contributed by atoms with E-state index in [1.807, 2.05) is 53.4 Å². The molecular formula is C21H25NO2. The zero-order chi connectivity index (χ0) is 16.8. The smallest absolute Gasteiger partial charge is 0.226 e. The highest BCUT2D eigenvalue weighted by Gasteiger charge is 2.23. The lowest BCUT2D eigenvalue weighted by molar-refractivity contribution is -0.132. The van der Waals surface area contributed by atoms with Crippen molar-refractivity contribution in [3.05, 3.63) is 65.7 Å². The van der Waals surface area contributed by atoms with E-state index in [-0.39, 0.29) is 5.91 Å². The molecule has 0 bridgehead atoms. The summed E-state index contributed by atoms with van der Waals surface area (Å²) >= 11 is 0. The topological polar surface area (TPSA) is 29.5 Å². The number of aryl methyl sites for hydroxylation is 1. The predicted octanol–water partition coefficient (Wildman–Crippen LogP) is 3.86. The van der Waals surface area contributed by atoms with Crippen molar-refractivity contribution in [1.29, 1.82) is 0 Å². The maximum atomic E-state index is 12.4. The Balaban J connectivity index is 1.44. The van der Waals surface area contributed by atoms with E-state index in [0.717, 1.165) is 43.9 Å². The zero-order valence-electron chi connectivity index (χ0n) is 14.3. The van der Waals surface area contributed by atoms with Gasteiger partial charge in [-0.25, -0.2) is 0 Å². The second kappa shape index (κ2) is 8.00. The van der Waals surface area contributed by atoms with Crippen molar-refractivity contribution < 1.29 is 9.53 Å². The molecule has 1 aliphatic rings. The van der Waals surface area contributed by atoms with E-state index in [4.69, 9.17) is 4.74 Å². The normalized spacial score (nSPS) is 15.3. The van der Waals surface area contributed by atoms with E-state index in [1.165, 1.54) is 5.56 Å². The first-order chi connectivity index (χ1) is 11.7. The number of nitrogens with zero attached hydrogens (tertiary/aromatic N) is 1. The lowest BCUT2D eigenvalue weighted by atomic mass is 9.97. The van der Waals surface area contributed by atoms with Crippen molar-refractivity contribution in [3.63, 3.8) is 0 Å². The van der Waals surface area contributed by atoms with Crippen LogP contribution in [-0.2, 0) is 11.2 Å². The van der Waals surface area contributed by atoms with Gasteiger partial charge in [0.05, 0.1) is 13.0 Å². The third kappa shape index (κ3) is 4.38. The number of piperidine rings is 1. The molecule has 0 saturated carbocycles. The second-order valence-corrected chi connectivity index (χ2v) is 6.56. The molecule has 0 atom stereocenters. The van der Waals surface area contributed by atoms with Crippen LogP contribution in [0.5, 0.6) is 5.75 Å². The third-order valence-corrected chi connectivity index (χ3v) is 4.73. The molecule has 0 radical (unpaired) electrons. The van der Waals surface area contributed by atoms with Gasteiger partial charge in [0.15, 0.2) is 0 Å². The fraction of sp³-hybridized carbons (Fsp3) is 0.381. The zero-order valence-corrected chi connectivity index (χ0v) is 14.3. The first kappa shape index (κ1) is 16.6. The molecule has 0 aliphatic carbocycles. The molecule has 1 saturated heterocycles. The molecule has 3 rings (SSSR count). The number of hydrogen-bond acceptors (Lipinski definition) is 2. The molecule has 1 fully saturated rings. The summed E-state index contributed by atoms with van der Waals surface area (Å²) in [6, 6.07) is 18.1. The van der Waals surface area contributed by atoms with Gasteiger partial charge in [0.1, 0.15) is 5.75 Å². The Kier molecular flexibility index (Phi) is 5.52.